The van der Waals surface area contributed by atoms with Crippen molar-refractivity contribution in [1.29, 1.82) is 0 Å². The fourth-order valence-corrected chi connectivity index (χ4v) is 2.93. The van der Waals surface area contributed by atoms with Crippen molar-refractivity contribution in [3.8, 4) is 0 Å². The summed E-state index contributed by atoms with van der Waals surface area (Å²) < 4.78 is 0. The molecule has 0 radical (unpaired) electrons. The highest BCUT2D eigenvalue weighted by Crippen LogP contribution is 2.23. The number of aliphatic hydroxyl groups excluding tert-OH is 1. The van der Waals surface area contributed by atoms with Crippen molar-refractivity contribution in [2.24, 2.45) is 11.8 Å². The van der Waals surface area contributed by atoms with Crippen LogP contribution < -0.4 is 10.6 Å². The molecule has 1 saturated heterocycles. The average Bonchev–Trinajstić information content (AvgIpc) is 2.33. The van der Waals surface area contributed by atoms with Crippen LogP contribution in [-0.4, -0.2) is 37.4 Å². The lowest BCUT2D eigenvalue weighted by molar-refractivity contribution is 0.108. The van der Waals surface area contributed by atoms with E-state index in [2.05, 4.69) is 10.6 Å². The minimum Gasteiger partial charge on any atom is -0.393 e. The third-order valence-corrected chi connectivity index (χ3v) is 4.14. The molecule has 2 rings (SSSR count). The van der Waals surface area contributed by atoms with Crippen LogP contribution in [-0.2, 0) is 0 Å². The lowest BCUT2D eigenvalue weighted by atomic mass is 9.87. The first kappa shape index (κ1) is 12.3. The van der Waals surface area contributed by atoms with E-state index in [1.807, 2.05) is 0 Å². The van der Waals surface area contributed by atoms with Gasteiger partial charge in [0, 0.05) is 0 Å². The van der Waals surface area contributed by atoms with Crippen LogP contribution in [0.2, 0.25) is 0 Å². The Labute approximate surface area is 99.0 Å². The van der Waals surface area contributed by atoms with Gasteiger partial charge in [-0.1, -0.05) is 0 Å². The number of aliphatic hydroxyl groups is 1. The lowest BCUT2D eigenvalue weighted by Crippen LogP contribution is -2.36. The number of hydrogen-bond acceptors (Lipinski definition) is 3. The van der Waals surface area contributed by atoms with Gasteiger partial charge in [-0.05, 0) is 76.5 Å². The normalized spacial score (nSPS) is 32.8. The zero-order valence-electron chi connectivity index (χ0n) is 10.3. The number of nitrogens with one attached hydrogen (secondary N) is 2. The van der Waals surface area contributed by atoms with Gasteiger partial charge in [0.25, 0.3) is 0 Å². The van der Waals surface area contributed by atoms with Gasteiger partial charge < -0.3 is 15.7 Å². The summed E-state index contributed by atoms with van der Waals surface area (Å²) >= 11 is 0. The van der Waals surface area contributed by atoms with E-state index in [0.29, 0.717) is 0 Å². The monoisotopic (exact) mass is 226 g/mol. The maximum Gasteiger partial charge on any atom is 0.0540 e. The predicted molar refractivity (Wildman–Crippen MR) is 66.4 cm³/mol. The first-order valence-corrected chi connectivity index (χ1v) is 6.94. The van der Waals surface area contributed by atoms with Crippen LogP contribution in [0.3, 0.4) is 0 Å². The molecule has 0 aromatic carbocycles. The minimum atomic E-state index is -0.0133. The third-order valence-electron chi connectivity index (χ3n) is 4.14. The van der Waals surface area contributed by atoms with Crippen LogP contribution >= 0.6 is 0 Å². The second-order valence-corrected chi connectivity index (χ2v) is 5.53. The molecule has 3 nitrogen and oxygen atoms in total. The van der Waals surface area contributed by atoms with E-state index in [1.54, 1.807) is 0 Å². The van der Waals surface area contributed by atoms with Gasteiger partial charge in [-0.3, -0.25) is 0 Å². The van der Waals surface area contributed by atoms with Crippen molar-refractivity contribution in [2.45, 2.75) is 44.6 Å². The van der Waals surface area contributed by atoms with Crippen molar-refractivity contribution in [3.05, 3.63) is 0 Å². The molecule has 16 heavy (non-hydrogen) atoms. The average molecular weight is 226 g/mol. The number of piperidine rings is 1. The fraction of sp³-hybridized carbons (Fsp3) is 1.00. The molecule has 1 aliphatic heterocycles. The van der Waals surface area contributed by atoms with Crippen LogP contribution in [0.15, 0.2) is 0 Å². The van der Waals surface area contributed by atoms with E-state index in [9.17, 15) is 5.11 Å². The van der Waals surface area contributed by atoms with Gasteiger partial charge >= 0.3 is 0 Å². The maximum atomic E-state index is 9.43. The molecule has 2 aliphatic rings. The zero-order chi connectivity index (χ0) is 11.2. The molecule has 1 heterocycles. The van der Waals surface area contributed by atoms with Crippen molar-refractivity contribution in [3.63, 3.8) is 0 Å². The molecule has 0 aromatic rings. The smallest absolute Gasteiger partial charge is 0.0540 e. The summed E-state index contributed by atoms with van der Waals surface area (Å²) in [7, 11) is 0. The Kier molecular flexibility index (Phi) is 5.07. The largest absolute Gasteiger partial charge is 0.393 e. The molecule has 0 spiro atoms. The SMILES string of the molecule is OC1CCC(CNCC2CCNCC2)CC1. The Morgan fingerprint density at radius 2 is 1.44 bits per heavy atom. The molecule has 0 atom stereocenters. The van der Waals surface area contributed by atoms with Crippen molar-refractivity contribution < 1.29 is 5.11 Å². The van der Waals surface area contributed by atoms with E-state index in [0.717, 1.165) is 31.2 Å². The van der Waals surface area contributed by atoms with Gasteiger partial charge in [0.1, 0.15) is 0 Å². The molecule has 0 amide bonds. The lowest BCUT2D eigenvalue weighted by Gasteiger charge is -2.27. The predicted octanol–water partition coefficient (Wildman–Crippen LogP) is 1.13. The summed E-state index contributed by atoms with van der Waals surface area (Å²) in [5, 5.41) is 16.5. The van der Waals surface area contributed by atoms with Gasteiger partial charge in [-0.2, -0.15) is 0 Å². The summed E-state index contributed by atoms with van der Waals surface area (Å²) in [6, 6.07) is 0. The molecule has 0 unspecified atom stereocenters. The fourth-order valence-electron chi connectivity index (χ4n) is 2.93. The van der Waals surface area contributed by atoms with Crippen LogP contribution in [0.1, 0.15) is 38.5 Å². The van der Waals surface area contributed by atoms with Crippen molar-refractivity contribution in [1.82, 2.24) is 10.6 Å². The maximum absolute atomic E-state index is 9.43. The molecule has 1 saturated carbocycles. The molecule has 2 fully saturated rings. The van der Waals surface area contributed by atoms with Crippen LogP contribution in [0, 0.1) is 11.8 Å². The van der Waals surface area contributed by atoms with Gasteiger partial charge in [0.15, 0.2) is 0 Å². The second kappa shape index (κ2) is 6.58. The first-order chi connectivity index (χ1) is 7.84. The second-order valence-electron chi connectivity index (χ2n) is 5.53. The summed E-state index contributed by atoms with van der Waals surface area (Å²) in [6.45, 7) is 4.75. The van der Waals surface area contributed by atoms with Gasteiger partial charge in [-0.25, -0.2) is 0 Å². The Bertz CT molecular complexity index is 184. The highest BCUT2D eigenvalue weighted by molar-refractivity contribution is 4.75. The van der Waals surface area contributed by atoms with Gasteiger partial charge in [0.05, 0.1) is 6.10 Å². The van der Waals surface area contributed by atoms with Crippen LogP contribution in [0.4, 0.5) is 0 Å². The molecule has 0 bridgehead atoms. The number of rotatable bonds is 4. The topological polar surface area (TPSA) is 44.3 Å². The molecular formula is C13H26N2O. The van der Waals surface area contributed by atoms with Crippen LogP contribution in [0.5, 0.6) is 0 Å². The summed E-state index contributed by atoms with van der Waals surface area (Å²) in [5.41, 5.74) is 0. The molecule has 3 heteroatoms. The van der Waals surface area contributed by atoms with Crippen molar-refractivity contribution >= 4 is 0 Å². The molecule has 3 N–H and O–H groups in total. The van der Waals surface area contributed by atoms with E-state index in [4.69, 9.17) is 0 Å². The van der Waals surface area contributed by atoms with Crippen LogP contribution in [0.25, 0.3) is 0 Å². The zero-order valence-corrected chi connectivity index (χ0v) is 10.3. The van der Waals surface area contributed by atoms with E-state index < -0.39 is 0 Å². The van der Waals surface area contributed by atoms with E-state index >= 15 is 0 Å². The standard InChI is InChI=1S/C13H26N2O/c16-13-3-1-11(2-4-13)9-15-10-12-5-7-14-8-6-12/h11-16H,1-10H2. The summed E-state index contributed by atoms with van der Waals surface area (Å²) in [6.07, 6.45) is 7.09. The third kappa shape index (κ3) is 4.04. The molecule has 0 aromatic heterocycles. The first-order valence-electron chi connectivity index (χ1n) is 6.94. The highest BCUT2D eigenvalue weighted by Gasteiger charge is 2.19. The summed E-state index contributed by atoms with van der Waals surface area (Å²) in [5.74, 6) is 1.69. The van der Waals surface area contributed by atoms with E-state index in [1.165, 1.54) is 45.3 Å². The summed E-state index contributed by atoms with van der Waals surface area (Å²) in [4.78, 5) is 0. The van der Waals surface area contributed by atoms with E-state index in [-0.39, 0.29) is 6.10 Å². The Balaban J connectivity index is 1.53. The Morgan fingerprint density at radius 3 is 2.06 bits per heavy atom. The van der Waals surface area contributed by atoms with Gasteiger partial charge in [0.2, 0.25) is 0 Å². The highest BCUT2D eigenvalue weighted by atomic mass is 16.3. The van der Waals surface area contributed by atoms with Gasteiger partial charge in [-0.15, -0.1) is 0 Å². The number of hydrogen-bond donors (Lipinski definition) is 3. The molecule has 1 aliphatic carbocycles. The Hall–Kier alpha value is -0.120. The quantitative estimate of drug-likeness (QED) is 0.673. The van der Waals surface area contributed by atoms with Crippen molar-refractivity contribution in [2.75, 3.05) is 26.2 Å². The molecular weight excluding hydrogens is 200 g/mol. The molecule has 94 valence electrons. The minimum absolute atomic E-state index is 0.0133. The Morgan fingerprint density at radius 1 is 0.875 bits per heavy atom.